The Morgan fingerprint density at radius 3 is 2.33 bits per heavy atom. The second-order valence-electron chi connectivity index (χ2n) is 3.76. The summed E-state index contributed by atoms with van der Waals surface area (Å²) in [5, 5.41) is -0.0240. The van der Waals surface area contributed by atoms with Crippen molar-refractivity contribution < 1.29 is 8.78 Å². The Hall–Kier alpha value is -1.49. The maximum absolute atomic E-state index is 13.9. The lowest BCUT2D eigenvalue weighted by Crippen LogP contribution is -2.30. The van der Waals surface area contributed by atoms with Crippen LogP contribution in [0, 0.1) is 11.6 Å². The molecule has 0 aliphatic rings. The summed E-state index contributed by atoms with van der Waals surface area (Å²) >= 11 is 5.70. The van der Waals surface area contributed by atoms with E-state index in [2.05, 4.69) is 5.43 Å². The molecule has 5 heteroatoms. The monoisotopic (exact) mass is 268 g/mol. The zero-order valence-electron chi connectivity index (χ0n) is 9.33. The molecule has 3 N–H and O–H groups in total. The molecule has 0 aliphatic carbocycles. The van der Waals surface area contributed by atoms with Crippen molar-refractivity contribution >= 4 is 11.6 Å². The summed E-state index contributed by atoms with van der Waals surface area (Å²) in [7, 11) is 0. The lowest BCUT2D eigenvalue weighted by molar-refractivity contribution is 0.531. The van der Waals surface area contributed by atoms with Crippen LogP contribution in [0.25, 0.3) is 0 Å². The molecule has 0 radical (unpaired) electrons. The third kappa shape index (κ3) is 2.36. The SMILES string of the molecule is NNC(c1ccccc1F)c1cccc(Cl)c1F. The molecule has 1 unspecified atom stereocenters. The predicted octanol–water partition coefficient (Wildman–Crippen LogP) is 3.17. The molecule has 0 aliphatic heterocycles. The standard InChI is InChI=1S/C13H11ClF2N2/c14-10-6-3-5-9(12(10)16)13(18-17)8-4-1-2-7-11(8)15/h1-7,13,18H,17H2. The van der Waals surface area contributed by atoms with Crippen LogP contribution in [0.3, 0.4) is 0 Å². The summed E-state index contributed by atoms with van der Waals surface area (Å²) < 4.78 is 27.6. The van der Waals surface area contributed by atoms with Crippen LogP contribution in [0.2, 0.25) is 5.02 Å². The number of hydrazine groups is 1. The van der Waals surface area contributed by atoms with Gasteiger partial charge >= 0.3 is 0 Å². The second-order valence-corrected chi connectivity index (χ2v) is 4.17. The number of halogens is 3. The molecule has 0 saturated heterocycles. The van der Waals surface area contributed by atoms with Crippen LogP contribution >= 0.6 is 11.6 Å². The highest BCUT2D eigenvalue weighted by Gasteiger charge is 2.20. The Labute approximate surface area is 108 Å². The second kappa shape index (κ2) is 5.44. The van der Waals surface area contributed by atoms with E-state index < -0.39 is 17.7 Å². The van der Waals surface area contributed by atoms with Gasteiger partial charge in [0.15, 0.2) is 0 Å². The molecule has 94 valence electrons. The van der Waals surface area contributed by atoms with Crippen molar-refractivity contribution in [3.05, 3.63) is 70.2 Å². The summed E-state index contributed by atoms with van der Waals surface area (Å²) in [6.45, 7) is 0. The number of hydrogen-bond acceptors (Lipinski definition) is 2. The van der Waals surface area contributed by atoms with E-state index in [1.54, 1.807) is 24.3 Å². The first-order valence-corrected chi connectivity index (χ1v) is 5.67. The van der Waals surface area contributed by atoms with E-state index in [0.717, 1.165) is 0 Å². The van der Waals surface area contributed by atoms with E-state index in [1.807, 2.05) is 0 Å². The van der Waals surface area contributed by atoms with Gasteiger partial charge in [0.1, 0.15) is 11.6 Å². The highest BCUT2D eigenvalue weighted by molar-refractivity contribution is 6.30. The largest absolute Gasteiger partial charge is 0.271 e. The zero-order valence-corrected chi connectivity index (χ0v) is 10.1. The Morgan fingerprint density at radius 1 is 1.00 bits per heavy atom. The van der Waals surface area contributed by atoms with Crippen molar-refractivity contribution in [2.75, 3.05) is 0 Å². The number of rotatable bonds is 3. The maximum atomic E-state index is 13.9. The number of hydrogen-bond donors (Lipinski definition) is 2. The van der Waals surface area contributed by atoms with Gasteiger partial charge in [-0.1, -0.05) is 41.9 Å². The molecule has 0 fully saturated rings. The molecule has 0 saturated carbocycles. The lowest BCUT2D eigenvalue weighted by atomic mass is 9.98. The minimum absolute atomic E-state index is 0.0240. The van der Waals surface area contributed by atoms with Gasteiger partial charge in [0, 0.05) is 11.1 Å². The highest BCUT2D eigenvalue weighted by Crippen LogP contribution is 2.28. The molecule has 2 rings (SSSR count). The third-order valence-corrected chi connectivity index (χ3v) is 2.97. The molecule has 0 spiro atoms. The van der Waals surface area contributed by atoms with Gasteiger partial charge in [0.25, 0.3) is 0 Å². The van der Waals surface area contributed by atoms with Crippen molar-refractivity contribution in [1.82, 2.24) is 5.43 Å². The zero-order chi connectivity index (χ0) is 13.1. The van der Waals surface area contributed by atoms with E-state index in [4.69, 9.17) is 17.4 Å². The Bertz CT molecular complexity index is 560. The number of nitrogens with two attached hydrogens (primary N) is 1. The first-order chi connectivity index (χ1) is 8.65. The predicted molar refractivity (Wildman–Crippen MR) is 67.0 cm³/mol. The average Bonchev–Trinajstić information content (AvgIpc) is 2.37. The average molecular weight is 269 g/mol. The van der Waals surface area contributed by atoms with Gasteiger partial charge in [-0.15, -0.1) is 0 Å². The van der Waals surface area contributed by atoms with Gasteiger partial charge in [-0.3, -0.25) is 5.84 Å². The van der Waals surface area contributed by atoms with Gasteiger partial charge in [0.05, 0.1) is 11.1 Å². The first kappa shape index (κ1) is 13.0. The molecule has 0 amide bonds. The van der Waals surface area contributed by atoms with E-state index >= 15 is 0 Å². The Morgan fingerprint density at radius 2 is 1.67 bits per heavy atom. The van der Waals surface area contributed by atoms with Crippen molar-refractivity contribution in [2.45, 2.75) is 6.04 Å². The van der Waals surface area contributed by atoms with Crippen LogP contribution < -0.4 is 11.3 Å². The molecule has 2 aromatic rings. The summed E-state index contributed by atoms with van der Waals surface area (Å²) in [4.78, 5) is 0. The summed E-state index contributed by atoms with van der Waals surface area (Å²) in [6, 6.07) is 9.79. The molecule has 18 heavy (non-hydrogen) atoms. The van der Waals surface area contributed by atoms with Gasteiger partial charge in [-0.25, -0.2) is 14.2 Å². The Balaban J connectivity index is 2.53. The highest BCUT2D eigenvalue weighted by atomic mass is 35.5. The number of benzene rings is 2. The number of nitrogens with one attached hydrogen (secondary N) is 1. The van der Waals surface area contributed by atoms with Gasteiger partial charge < -0.3 is 0 Å². The smallest absolute Gasteiger partial charge is 0.146 e. The van der Waals surface area contributed by atoms with Crippen molar-refractivity contribution in [3.63, 3.8) is 0 Å². The van der Waals surface area contributed by atoms with Crippen LogP contribution in [0.1, 0.15) is 17.2 Å². The van der Waals surface area contributed by atoms with Crippen molar-refractivity contribution in [2.24, 2.45) is 5.84 Å². The minimum Gasteiger partial charge on any atom is -0.271 e. The van der Waals surface area contributed by atoms with E-state index in [9.17, 15) is 8.78 Å². The fraction of sp³-hybridized carbons (Fsp3) is 0.0769. The summed E-state index contributed by atoms with van der Waals surface area (Å²) in [5.74, 6) is 4.33. The van der Waals surface area contributed by atoms with E-state index in [0.29, 0.717) is 0 Å². The molecule has 1 atom stereocenters. The molecule has 0 aromatic heterocycles. The molecular formula is C13H11ClF2N2. The lowest BCUT2D eigenvalue weighted by Gasteiger charge is -2.18. The minimum atomic E-state index is -0.787. The molecule has 0 heterocycles. The van der Waals surface area contributed by atoms with E-state index in [-0.39, 0.29) is 16.1 Å². The molecule has 2 nitrogen and oxygen atoms in total. The van der Waals surface area contributed by atoms with Crippen LogP contribution in [0.5, 0.6) is 0 Å². The first-order valence-electron chi connectivity index (χ1n) is 5.29. The van der Waals surface area contributed by atoms with Gasteiger partial charge in [0.2, 0.25) is 0 Å². The fourth-order valence-corrected chi connectivity index (χ4v) is 1.98. The van der Waals surface area contributed by atoms with Gasteiger partial charge in [-0.05, 0) is 12.1 Å². The Kier molecular flexibility index (Phi) is 3.91. The van der Waals surface area contributed by atoms with Crippen molar-refractivity contribution in [1.29, 1.82) is 0 Å². The normalized spacial score (nSPS) is 12.4. The van der Waals surface area contributed by atoms with Crippen LogP contribution in [-0.2, 0) is 0 Å². The molecule has 2 aromatic carbocycles. The third-order valence-electron chi connectivity index (χ3n) is 2.68. The van der Waals surface area contributed by atoms with Crippen LogP contribution in [0.15, 0.2) is 42.5 Å². The summed E-state index contributed by atoms with van der Waals surface area (Å²) in [6.07, 6.45) is 0. The summed E-state index contributed by atoms with van der Waals surface area (Å²) in [5.41, 5.74) is 2.87. The maximum Gasteiger partial charge on any atom is 0.146 e. The van der Waals surface area contributed by atoms with Crippen LogP contribution in [-0.4, -0.2) is 0 Å². The molecular weight excluding hydrogens is 258 g/mol. The van der Waals surface area contributed by atoms with Crippen molar-refractivity contribution in [3.8, 4) is 0 Å². The quantitative estimate of drug-likeness (QED) is 0.663. The van der Waals surface area contributed by atoms with Crippen LogP contribution in [0.4, 0.5) is 8.78 Å². The topological polar surface area (TPSA) is 38.0 Å². The molecule has 0 bridgehead atoms. The fourth-order valence-electron chi connectivity index (χ4n) is 1.80. The van der Waals surface area contributed by atoms with E-state index in [1.165, 1.54) is 18.2 Å². The van der Waals surface area contributed by atoms with Gasteiger partial charge in [-0.2, -0.15) is 0 Å².